The number of hydrogen-bond donors (Lipinski definition) is 3. The molecule has 9 heteroatoms. The number of nitrogens with one attached hydrogen (secondary N) is 2. The lowest BCUT2D eigenvalue weighted by molar-refractivity contribution is 0.116. The van der Waals surface area contributed by atoms with Gasteiger partial charge in [0, 0.05) is 11.9 Å². The number of fused-ring (bicyclic) bond motifs is 1. The fourth-order valence-corrected chi connectivity index (χ4v) is 4.07. The van der Waals surface area contributed by atoms with Gasteiger partial charge in [-0.15, -0.1) is 0 Å². The number of H-pyrrole nitrogens is 1. The number of hydrogen-bond acceptors (Lipinski definition) is 5. The van der Waals surface area contributed by atoms with Crippen LogP contribution >= 0.6 is 0 Å². The first kappa shape index (κ1) is 20.0. The molecule has 4 rings (SSSR count). The summed E-state index contributed by atoms with van der Waals surface area (Å²) >= 11 is 0. The Morgan fingerprint density at radius 3 is 2.53 bits per heavy atom. The largest absolute Gasteiger partial charge is 0.338 e. The molecule has 0 radical (unpaired) electrons. The fraction of sp³-hybridized carbons (Fsp3) is 0.381. The Balaban J connectivity index is 1.75. The summed E-state index contributed by atoms with van der Waals surface area (Å²) in [7, 11) is 0. The number of halogens is 2. The number of nitriles is 1. The van der Waals surface area contributed by atoms with Crippen LogP contribution in [0.25, 0.3) is 10.9 Å². The molecular formula is C21H22F2N6O. The predicted octanol–water partition coefficient (Wildman–Crippen LogP) is 3.92. The van der Waals surface area contributed by atoms with Crippen LogP contribution in [0, 0.1) is 11.3 Å². The molecule has 1 fully saturated rings. The van der Waals surface area contributed by atoms with E-state index in [4.69, 9.17) is 5.73 Å². The van der Waals surface area contributed by atoms with Crippen LogP contribution in [0.3, 0.4) is 0 Å². The van der Waals surface area contributed by atoms with E-state index >= 15 is 0 Å². The van der Waals surface area contributed by atoms with Gasteiger partial charge in [-0.3, -0.25) is 4.79 Å². The molecule has 30 heavy (non-hydrogen) atoms. The topological polar surface area (TPSA) is 113 Å². The van der Waals surface area contributed by atoms with Crippen LogP contribution in [0.4, 0.5) is 20.3 Å². The minimum absolute atomic E-state index is 0.314. The smallest absolute Gasteiger partial charge is 0.261 e. The standard InChI is InChI=1S/C21H22F2N6O/c22-18(23)17(25)13-4-6-14(7-5-13)27-19-16-15(8-11-26-20(16)30)29(28-19)21(12-24)9-2-1-3-10-21/h4-8,11,17-18H,1-3,9-10,25H2,(H,26,30)(H,27,28). The number of anilines is 2. The Morgan fingerprint density at radius 1 is 1.20 bits per heavy atom. The van der Waals surface area contributed by atoms with Crippen molar-refractivity contribution >= 4 is 22.4 Å². The highest BCUT2D eigenvalue weighted by molar-refractivity contribution is 5.91. The zero-order valence-corrected chi connectivity index (χ0v) is 16.2. The van der Waals surface area contributed by atoms with Crippen LogP contribution in [0.1, 0.15) is 43.7 Å². The summed E-state index contributed by atoms with van der Waals surface area (Å²) in [5.41, 5.74) is 5.85. The van der Waals surface area contributed by atoms with E-state index in [1.165, 1.54) is 12.1 Å². The van der Waals surface area contributed by atoms with Gasteiger partial charge in [0.2, 0.25) is 0 Å². The molecule has 4 N–H and O–H groups in total. The molecule has 1 unspecified atom stereocenters. The Bertz CT molecular complexity index is 1140. The van der Waals surface area contributed by atoms with Gasteiger partial charge < -0.3 is 16.0 Å². The van der Waals surface area contributed by atoms with Gasteiger partial charge in [-0.2, -0.15) is 10.4 Å². The number of benzene rings is 1. The van der Waals surface area contributed by atoms with Crippen molar-refractivity contribution in [3.8, 4) is 6.07 Å². The predicted molar refractivity (Wildman–Crippen MR) is 110 cm³/mol. The Morgan fingerprint density at radius 2 is 1.90 bits per heavy atom. The minimum Gasteiger partial charge on any atom is -0.338 e. The highest BCUT2D eigenvalue weighted by atomic mass is 19.3. The SMILES string of the molecule is N#CC1(n2nc(Nc3ccc(C(N)C(F)F)cc3)c3c(=O)[nH]ccc32)CCCCC1. The number of pyridine rings is 1. The van der Waals surface area contributed by atoms with E-state index in [2.05, 4.69) is 21.5 Å². The quantitative estimate of drug-likeness (QED) is 0.588. The van der Waals surface area contributed by atoms with Crippen LogP contribution in [-0.4, -0.2) is 21.2 Å². The lowest BCUT2D eigenvalue weighted by atomic mass is 9.83. The highest BCUT2D eigenvalue weighted by Crippen LogP contribution is 2.37. The van der Waals surface area contributed by atoms with Gasteiger partial charge in [0.05, 0.1) is 17.6 Å². The van der Waals surface area contributed by atoms with Crippen LogP contribution in [0.5, 0.6) is 0 Å². The minimum atomic E-state index is -2.65. The van der Waals surface area contributed by atoms with Gasteiger partial charge in [-0.1, -0.05) is 18.6 Å². The monoisotopic (exact) mass is 412 g/mol. The van der Waals surface area contributed by atoms with E-state index < -0.39 is 18.0 Å². The number of aromatic nitrogens is 3. The summed E-state index contributed by atoms with van der Waals surface area (Å²) in [5, 5.41) is 18.0. The maximum Gasteiger partial charge on any atom is 0.261 e. The average Bonchev–Trinajstić information content (AvgIpc) is 3.14. The summed E-state index contributed by atoms with van der Waals surface area (Å²) in [4.78, 5) is 15.2. The first-order valence-corrected chi connectivity index (χ1v) is 9.88. The molecule has 1 atom stereocenters. The summed E-state index contributed by atoms with van der Waals surface area (Å²) in [6.45, 7) is 0. The molecule has 156 valence electrons. The maximum atomic E-state index is 12.8. The molecule has 1 saturated carbocycles. The normalized spacial score (nSPS) is 17.0. The van der Waals surface area contributed by atoms with E-state index in [1.807, 2.05) is 0 Å². The van der Waals surface area contributed by atoms with E-state index in [-0.39, 0.29) is 5.56 Å². The maximum absolute atomic E-state index is 12.8. The van der Waals surface area contributed by atoms with Crippen LogP contribution < -0.4 is 16.6 Å². The average molecular weight is 412 g/mol. The number of nitrogens with two attached hydrogens (primary N) is 1. The zero-order chi connectivity index (χ0) is 21.3. The number of rotatable bonds is 5. The second-order valence-electron chi connectivity index (χ2n) is 7.64. The molecule has 2 heterocycles. The van der Waals surface area contributed by atoms with E-state index in [0.717, 1.165) is 19.3 Å². The molecule has 1 aromatic carbocycles. The van der Waals surface area contributed by atoms with E-state index in [0.29, 0.717) is 40.8 Å². The van der Waals surface area contributed by atoms with Gasteiger partial charge in [0.1, 0.15) is 10.9 Å². The molecule has 0 aliphatic heterocycles. The Kier molecular flexibility index (Phi) is 5.26. The fourth-order valence-electron chi connectivity index (χ4n) is 4.07. The van der Waals surface area contributed by atoms with E-state index in [1.54, 1.807) is 29.1 Å². The molecule has 0 spiro atoms. The van der Waals surface area contributed by atoms with Crippen molar-refractivity contribution in [1.82, 2.24) is 14.8 Å². The van der Waals surface area contributed by atoms with Crippen molar-refractivity contribution in [3.05, 3.63) is 52.4 Å². The third kappa shape index (κ3) is 3.44. The molecule has 1 aliphatic rings. The van der Waals surface area contributed by atoms with Gasteiger partial charge in [0.25, 0.3) is 12.0 Å². The first-order chi connectivity index (χ1) is 14.4. The van der Waals surface area contributed by atoms with Crippen LogP contribution in [0.2, 0.25) is 0 Å². The van der Waals surface area contributed by atoms with Gasteiger partial charge in [-0.25, -0.2) is 13.5 Å². The lowest BCUT2D eigenvalue weighted by Gasteiger charge is -2.31. The Labute approximate surface area is 171 Å². The van der Waals surface area contributed by atoms with Gasteiger partial charge in [0.15, 0.2) is 5.82 Å². The first-order valence-electron chi connectivity index (χ1n) is 9.88. The number of nitrogens with zero attached hydrogens (tertiary/aromatic N) is 3. The van der Waals surface area contributed by atoms with Crippen LogP contribution in [0.15, 0.2) is 41.3 Å². The molecular weight excluding hydrogens is 390 g/mol. The van der Waals surface area contributed by atoms with Crippen molar-refractivity contribution in [2.45, 2.75) is 50.1 Å². The summed E-state index contributed by atoms with van der Waals surface area (Å²) in [6, 6.07) is 9.07. The molecule has 7 nitrogen and oxygen atoms in total. The van der Waals surface area contributed by atoms with Crippen molar-refractivity contribution in [2.24, 2.45) is 5.73 Å². The van der Waals surface area contributed by atoms with Crippen molar-refractivity contribution < 1.29 is 8.78 Å². The van der Waals surface area contributed by atoms with Crippen molar-refractivity contribution in [3.63, 3.8) is 0 Å². The third-order valence-corrected chi connectivity index (χ3v) is 5.73. The van der Waals surface area contributed by atoms with Gasteiger partial charge >= 0.3 is 0 Å². The molecule has 2 aromatic heterocycles. The van der Waals surface area contributed by atoms with Crippen molar-refractivity contribution in [1.29, 1.82) is 5.26 Å². The second kappa shape index (κ2) is 7.88. The Hall–Kier alpha value is -3.25. The third-order valence-electron chi connectivity index (χ3n) is 5.73. The molecule has 0 saturated heterocycles. The molecule has 0 amide bonds. The summed E-state index contributed by atoms with van der Waals surface area (Å²) in [5.74, 6) is 0.318. The van der Waals surface area contributed by atoms with Crippen molar-refractivity contribution in [2.75, 3.05) is 5.32 Å². The van der Waals surface area contributed by atoms with E-state index in [9.17, 15) is 18.8 Å². The summed E-state index contributed by atoms with van der Waals surface area (Å²) in [6.07, 6.45) is 3.15. The van der Waals surface area contributed by atoms with Crippen LogP contribution in [-0.2, 0) is 5.54 Å². The molecule has 1 aliphatic carbocycles. The zero-order valence-electron chi connectivity index (χ0n) is 16.2. The molecule has 3 aromatic rings. The van der Waals surface area contributed by atoms with Gasteiger partial charge in [-0.05, 0) is 49.4 Å². The molecule has 0 bridgehead atoms. The number of aromatic amines is 1. The lowest BCUT2D eigenvalue weighted by Crippen LogP contribution is -2.35. The highest BCUT2D eigenvalue weighted by Gasteiger charge is 2.37. The number of alkyl halides is 2. The summed E-state index contributed by atoms with van der Waals surface area (Å²) < 4.78 is 27.3. The second-order valence-corrected chi connectivity index (χ2v) is 7.64.